The lowest BCUT2D eigenvalue weighted by Gasteiger charge is -2.13. The third-order valence-corrected chi connectivity index (χ3v) is 4.30. The molecule has 2 aromatic rings. The van der Waals surface area contributed by atoms with Gasteiger partial charge in [-0.2, -0.15) is 0 Å². The van der Waals surface area contributed by atoms with Gasteiger partial charge in [-0.15, -0.1) is 13.2 Å². The van der Waals surface area contributed by atoms with Crippen LogP contribution in [0.4, 0.5) is 19.1 Å². The number of aromatic amines is 1. The summed E-state index contributed by atoms with van der Waals surface area (Å²) in [5.41, 5.74) is 1.12. The number of likely N-dealkylation sites (tertiary alicyclic amines) is 1. The average Bonchev–Trinajstić information content (AvgIpc) is 3.26. The predicted molar refractivity (Wildman–Crippen MR) is 94.2 cm³/mol. The monoisotopic (exact) mass is 382 g/mol. The number of aromatic nitrogens is 2. The maximum Gasteiger partial charge on any atom is 0.573 e. The van der Waals surface area contributed by atoms with Crippen molar-refractivity contribution in [2.75, 3.05) is 25.0 Å². The van der Waals surface area contributed by atoms with Crippen molar-refractivity contribution in [2.24, 2.45) is 0 Å². The van der Waals surface area contributed by atoms with Crippen LogP contribution in [0.3, 0.4) is 0 Å². The summed E-state index contributed by atoms with van der Waals surface area (Å²) in [5, 5.41) is 2.70. The van der Waals surface area contributed by atoms with E-state index < -0.39 is 6.36 Å². The number of anilines is 1. The number of benzene rings is 1. The normalized spacial score (nSPS) is 15.1. The number of imidazole rings is 1. The fraction of sp³-hybridized carbons (Fsp3) is 0.444. The van der Waals surface area contributed by atoms with E-state index in [4.69, 9.17) is 0 Å². The molecule has 0 spiro atoms. The number of carbonyl (C=O) groups is 1. The van der Waals surface area contributed by atoms with E-state index in [9.17, 15) is 18.0 Å². The number of halogens is 3. The number of hydrogen-bond donors (Lipinski definition) is 2. The minimum Gasteiger partial charge on any atom is -0.406 e. The van der Waals surface area contributed by atoms with Crippen LogP contribution >= 0.6 is 0 Å². The largest absolute Gasteiger partial charge is 0.573 e. The van der Waals surface area contributed by atoms with Crippen molar-refractivity contribution in [3.63, 3.8) is 0 Å². The van der Waals surface area contributed by atoms with Crippen LogP contribution in [0.1, 0.15) is 25.7 Å². The van der Waals surface area contributed by atoms with Crippen LogP contribution in [0.2, 0.25) is 0 Å². The van der Waals surface area contributed by atoms with Crippen molar-refractivity contribution >= 4 is 11.9 Å². The van der Waals surface area contributed by atoms with Crippen LogP contribution in [0.15, 0.2) is 30.5 Å². The molecule has 1 aromatic heterocycles. The van der Waals surface area contributed by atoms with Gasteiger partial charge in [0.1, 0.15) is 5.75 Å². The Hall–Kier alpha value is -2.55. The Morgan fingerprint density at radius 1 is 1.22 bits per heavy atom. The van der Waals surface area contributed by atoms with Gasteiger partial charge in [0.05, 0.1) is 5.69 Å². The first-order chi connectivity index (χ1) is 12.9. The summed E-state index contributed by atoms with van der Waals surface area (Å²) >= 11 is 0. The first kappa shape index (κ1) is 19.2. The second kappa shape index (κ2) is 8.43. The quantitative estimate of drug-likeness (QED) is 0.764. The highest BCUT2D eigenvalue weighted by Crippen LogP contribution is 2.26. The summed E-state index contributed by atoms with van der Waals surface area (Å²) in [5.74, 6) is -0.107. The molecule has 1 amide bonds. The molecule has 0 radical (unpaired) electrons. The van der Waals surface area contributed by atoms with Crippen molar-refractivity contribution in [2.45, 2.75) is 32.0 Å². The number of nitrogens with one attached hydrogen (secondary N) is 2. The highest BCUT2D eigenvalue weighted by Gasteiger charge is 2.31. The van der Waals surface area contributed by atoms with Crippen LogP contribution < -0.4 is 10.1 Å². The average molecular weight is 382 g/mol. The lowest BCUT2D eigenvalue weighted by Crippen LogP contribution is -2.22. The molecule has 1 aromatic carbocycles. The Kier molecular flexibility index (Phi) is 6.00. The number of carbonyl (C=O) groups excluding carboxylic acids is 1. The van der Waals surface area contributed by atoms with Crippen molar-refractivity contribution in [1.29, 1.82) is 0 Å². The number of H-pyrrole nitrogens is 1. The van der Waals surface area contributed by atoms with E-state index in [1.807, 2.05) is 0 Å². The maximum absolute atomic E-state index is 12.2. The summed E-state index contributed by atoms with van der Waals surface area (Å²) in [6.45, 7) is 3.13. The lowest BCUT2D eigenvalue weighted by molar-refractivity contribution is -0.274. The molecule has 3 rings (SSSR count). The highest BCUT2D eigenvalue weighted by molar-refractivity contribution is 5.89. The molecule has 6 nitrogen and oxygen atoms in total. The molecular weight excluding hydrogens is 361 g/mol. The number of amides is 1. The zero-order chi connectivity index (χ0) is 19.3. The van der Waals surface area contributed by atoms with Gasteiger partial charge in [0.25, 0.3) is 0 Å². The van der Waals surface area contributed by atoms with E-state index in [0.717, 1.165) is 26.1 Å². The van der Waals surface area contributed by atoms with Gasteiger partial charge in [-0.05, 0) is 63.2 Å². The SMILES string of the molecule is O=C(CCCN1CCCC1)Nc1nc(-c2ccc(OC(F)(F)F)cc2)c[nH]1. The predicted octanol–water partition coefficient (Wildman–Crippen LogP) is 3.79. The Bertz CT molecular complexity index is 753. The van der Waals surface area contributed by atoms with Gasteiger partial charge in [-0.1, -0.05) is 0 Å². The smallest absolute Gasteiger partial charge is 0.406 e. The molecule has 0 saturated carbocycles. The zero-order valence-electron chi connectivity index (χ0n) is 14.7. The molecule has 0 aliphatic carbocycles. The van der Waals surface area contributed by atoms with E-state index in [1.54, 1.807) is 6.20 Å². The Balaban J connectivity index is 1.49. The molecule has 0 unspecified atom stereocenters. The van der Waals surface area contributed by atoms with Crippen molar-refractivity contribution in [3.05, 3.63) is 30.5 Å². The number of hydrogen-bond acceptors (Lipinski definition) is 4. The molecule has 1 saturated heterocycles. The summed E-state index contributed by atoms with van der Waals surface area (Å²) in [4.78, 5) is 21.5. The minimum atomic E-state index is -4.72. The van der Waals surface area contributed by atoms with Gasteiger partial charge in [0.2, 0.25) is 11.9 Å². The van der Waals surface area contributed by atoms with Gasteiger partial charge in [-0.3, -0.25) is 10.1 Å². The fourth-order valence-corrected chi connectivity index (χ4v) is 3.03. The molecule has 2 N–H and O–H groups in total. The van der Waals surface area contributed by atoms with Crippen LogP contribution in [0.5, 0.6) is 5.75 Å². The van der Waals surface area contributed by atoms with E-state index in [2.05, 4.69) is 24.9 Å². The Morgan fingerprint density at radius 3 is 2.59 bits per heavy atom. The van der Waals surface area contributed by atoms with Crippen LogP contribution in [0, 0.1) is 0 Å². The van der Waals surface area contributed by atoms with Crippen molar-refractivity contribution < 1.29 is 22.7 Å². The third-order valence-electron chi connectivity index (χ3n) is 4.30. The number of ether oxygens (including phenoxy) is 1. The number of rotatable bonds is 7. The molecule has 9 heteroatoms. The second-order valence-electron chi connectivity index (χ2n) is 6.41. The molecule has 1 fully saturated rings. The van der Waals surface area contributed by atoms with E-state index in [-0.39, 0.29) is 11.7 Å². The van der Waals surface area contributed by atoms with Crippen molar-refractivity contribution in [1.82, 2.24) is 14.9 Å². The van der Waals surface area contributed by atoms with E-state index in [0.29, 0.717) is 23.6 Å². The van der Waals surface area contributed by atoms with Crippen LogP contribution in [0.25, 0.3) is 11.3 Å². The highest BCUT2D eigenvalue weighted by atomic mass is 19.4. The van der Waals surface area contributed by atoms with Gasteiger partial charge in [0, 0.05) is 18.2 Å². The number of nitrogens with zero attached hydrogens (tertiary/aromatic N) is 2. The fourth-order valence-electron chi connectivity index (χ4n) is 3.03. The molecule has 2 heterocycles. The Morgan fingerprint density at radius 2 is 1.93 bits per heavy atom. The molecule has 146 valence electrons. The molecule has 1 aliphatic rings. The van der Waals surface area contributed by atoms with Gasteiger partial charge in [-0.25, -0.2) is 4.98 Å². The standard InChI is InChI=1S/C18H21F3N4O2/c19-18(20,21)27-14-7-5-13(6-8-14)15-12-22-17(23-15)24-16(26)4-3-11-25-9-1-2-10-25/h5-8,12H,1-4,9-11H2,(H2,22,23,24,26). The summed E-state index contributed by atoms with van der Waals surface area (Å²) in [7, 11) is 0. The first-order valence-corrected chi connectivity index (χ1v) is 8.83. The minimum absolute atomic E-state index is 0.121. The number of alkyl halides is 3. The second-order valence-corrected chi connectivity index (χ2v) is 6.41. The van der Waals surface area contributed by atoms with Crippen molar-refractivity contribution in [3.8, 4) is 17.0 Å². The molecular formula is C18H21F3N4O2. The van der Waals surface area contributed by atoms with Crippen LogP contribution in [-0.4, -0.2) is 46.8 Å². The third kappa shape index (κ3) is 5.99. The molecule has 0 atom stereocenters. The summed E-state index contributed by atoms with van der Waals surface area (Å²) < 4.78 is 40.4. The Labute approximate surface area is 154 Å². The topological polar surface area (TPSA) is 70.2 Å². The van der Waals surface area contributed by atoms with E-state index in [1.165, 1.54) is 37.1 Å². The van der Waals surface area contributed by atoms with E-state index >= 15 is 0 Å². The van der Waals surface area contributed by atoms with Crippen LogP contribution in [-0.2, 0) is 4.79 Å². The van der Waals surface area contributed by atoms with Gasteiger partial charge >= 0.3 is 6.36 Å². The summed E-state index contributed by atoms with van der Waals surface area (Å²) in [6, 6.07) is 5.38. The molecule has 1 aliphatic heterocycles. The maximum atomic E-state index is 12.2. The zero-order valence-corrected chi connectivity index (χ0v) is 14.7. The first-order valence-electron chi connectivity index (χ1n) is 8.83. The molecule has 27 heavy (non-hydrogen) atoms. The van der Waals surface area contributed by atoms with Gasteiger partial charge in [0.15, 0.2) is 0 Å². The molecule has 0 bridgehead atoms. The lowest BCUT2D eigenvalue weighted by atomic mass is 10.2. The van der Waals surface area contributed by atoms with Gasteiger partial charge < -0.3 is 14.6 Å². The summed E-state index contributed by atoms with van der Waals surface area (Å²) in [6.07, 6.45) is 0.519.